The minimum Gasteiger partial charge on any atom is -0.498 e. The van der Waals surface area contributed by atoms with E-state index in [-0.39, 0.29) is 6.61 Å². The van der Waals surface area contributed by atoms with E-state index in [1.165, 1.54) is 27.4 Å². The van der Waals surface area contributed by atoms with E-state index in [1.54, 1.807) is 0 Å². The second-order valence-corrected chi connectivity index (χ2v) is 1.77. The molecule has 0 heterocycles. The van der Waals surface area contributed by atoms with Crippen LogP contribution in [0.3, 0.4) is 0 Å². The first-order chi connectivity index (χ1) is 5.24. The molecule has 0 unspecified atom stereocenters. The molecule has 0 N–H and O–H groups in total. The molecule has 0 spiro atoms. The highest BCUT2D eigenvalue weighted by atomic mass is 16.5. The lowest BCUT2D eigenvalue weighted by molar-refractivity contribution is -0.135. The summed E-state index contributed by atoms with van der Waals surface area (Å²) in [5.41, 5.74) is 0. The fourth-order valence-corrected chi connectivity index (χ4v) is 0.492. The third kappa shape index (κ3) is 4.38. The average Bonchev–Trinajstić information content (AvgIpc) is 2.03. The molecule has 0 aliphatic heterocycles. The lowest BCUT2D eigenvalue weighted by Crippen LogP contribution is -2.02. The molecule has 4 nitrogen and oxygen atoms in total. The predicted molar refractivity (Wildman–Crippen MR) is 39.0 cm³/mol. The van der Waals surface area contributed by atoms with Gasteiger partial charge >= 0.3 is 5.97 Å². The van der Waals surface area contributed by atoms with Crippen molar-refractivity contribution in [3.05, 3.63) is 11.8 Å². The van der Waals surface area contributed by atoms with Gasteiger partial charge in [-0.1, -0.05) is 0 Å². The van der Waals surface area contributed by atoms with Gasteiger partial charge in [-0.05, 0) is 0 Å². The monoisotopic (exact) mass is 160 g/mol. The Morgan fingerprint density at radius 3 is 2.27 bits per heavy atom. The number of hydrogen-bond donors (Lipinski definition) is 0. The van der Waals surface area contributed by atoms with E-state index in [2.05, 4.69) is 4.74 Å². The molecule has 0 aliphatic rings. The number of methoxy groups -OCH3 is 3. The fourth-order valence-electron chi connectivity index (χ4n) is 0.492. The summed E-state index contributed by atoms with van der Waals surface area (Å²) in [6, 6.07) is 0. The first kappa shape index (κ1) is 9.97. The summed E-state index contributed by atoms with van der Waals surface area (Å²) in [7, 11) is 4.29. The first-order valence-corrected chi connectivity index (χ1v) is 3.06. The maximum absolute atomic E-state index is 10.6. The highest BCUT2D eigenvalue weighted by Gasteiger charge is 1.99. The van der Waals surface area contributed by atoms with E-state index < -0.39 is 5.97 Å². The van der Waals surface area contributed by atoms with E-state index >= 15 is 0 Å². The van der Waals surface area contributed by atoms with Gasteiger partial charge in [0.2, 0.25) is 0 Å². The Hall–Kier alpha value is -1.03. The van der Waals surface area contributed by atoms with Crippen LogP contribution in [0.4, 0.5) is 0 Å². The predicted octanol–water partition coefficient (Wildman–Crippen LogP) is 0.336. The standard InChI is InChI=1S/C7H12O4/c1-9-5-6(10-2)4-7(8)11-3/h4H,5H2,1-3H3. The van der Waals surface area contributed by atoms with Crippen LogP contribution in [0.25, 0.3) is 0 Å². The second-order valence-electron chi connectivity index (χ2n) is 1.77. The molecule has 0 aromatic carbocycles. The van der Waals surface area contributed by atoms with E-state index in [1.807, 2.05) is 0 Å². The van der Waals surface area contributed by atoms with Crippen LogP contribution < -0.4 is 0 Å². The zero-order chi connectivity index (χ0) is 8.69. The maximum atomic E-state index is 10.6. The summed E-state index contributed by atoms with van der Waals surface area (Å²) < 4.78 is 13.9. The smallest absolute Gasteiger partial charge is 0.333 e. The van der Waals surface area contributed by atoms with Crippen molar-refractivity contribution in [3.63, 3.8) is 0 Å². The molecule has 11 heavy (non-hydrogen) atoms. The third-order valence-electron chi connectivity index (χ3n) is 1.03. The molecule has 0 aliphatic carbocycles. The Bertz CT molecular complexity index is 151. The van der Waals surface area contributed by atoms with Crippen molar-refractivity contribution >= 4 is 5.97 Å². The minimum absolute atomic E-state index is 0.269. The topological polar surface area (TPSA) is 44.8 Å². The van der Waals surface area contributed by atoms with Gasteiger partial charge in [0, 0.05) is 7.11 Å². The summed E-state index contributed by atoms with van der Waals surface area (Å²) in [6.07, 6.45) is 1.24. The van der Waals surface area contributed by atoms with E-state index in [4.69, 9.17) is 9.47 Å². The van der Waals surface area contributed by atoms with Gasteiger partial charge in [0.05, 0.1) is 20.3 Å². The largest absolute Gasteiger partial charge is 0.498 e. The van der Waals surface area contributed by atoms with E-state index in [0.29, 0.717) is 5.76 Å². The van der Waals surface area contributed by atoms with Gasteiger partial charge in [-0.3, -0.25) is 0 Å². The van der Waals surface area contributed by atoms with E-state index in [0.717, 1.165) is 0 Å². The molecule has 0 bridgehead atoms. The molecule has 4 heteroatoms. The Balaban J connectivity index is 3.99. The van der Waals surface area contributed by atoms with Gasteiger partial charge in [0.25, 0.3) is 0 Å². The molecule has 0 saturated heterocycles. The summed E-state index contributed by atoms with van der Waals surface area (Å²) in [6.45, 7) is 0.269. The normalized spacial score (nSPS) is 11.0. The molecule has 64 valence electrons. The van der Waals surface area contributed by atoms with Gasteiger partial charge in [-0.2, -0.15) is 0 Å². The SMILES string of the molecule is COCC(=CC(=O)OC)OC. The Kier molecular flexibility index (Phi) is 5.20. The number of rotatable bonds is 4. The molecule has 0 aromatic rings. The Morgan fingerprint density at radius 2 is 1.91 bits per heavy atom. The lowest BCUT2D eigenvalue weighted by Gasteiger charge is -2.02. The minimum atomic E-state index is -0.445. The zero-order valence-corrected chi connectivity index (χ0v) is 6.92. The van der Waals surface area contributed by atoms with Crippen molar-refractivity contribution in [1.82, 2.24) is 0 Å². The summed E-state index contributed by atoms with van der Waals surface area (Å²) >= 11 is 0. The molecular weight excluding hydrogens is 148 g/mol. The number of carbonyl (C=O) groups is 1. The van der Waals surface area contributed by atoms with Gasteiger partial charge in [0.1, 0.15) is 12.4 Å². The van der Waals surface area contributed by atoms with Crippen LogP contribution in [0.1, 0.15) is 0 Å². The van der Waals surface area contributed by atoms with Gasteiger partial charge in [-0.25, -0.2) is 4.79 Å². The number of esters is 1. The van der Waals surface area contributed by atoms with Crippen LogP contribution in [-0.4, -0.2) is 33.9 Å². The highest BCUT2D eigenvalue weighted by Crippen LogP contribution is 1.95. The van der Waals surface area contributed by atoms with Crippen LogP contribution in [-0.2, 0) is 19.0 Å². The quantitative estimate of drug-likeness (QED) is 0.338. The number of ether oxygens (including phenoxy) is 3. The van der Waals surface area contributed by atoms with Crippen LogP contribution in [0.5, 0.6) is 0 Å². The molecule has 0 aromatic heterocycles. The van der Waals surface area contributed by atoms with Crippen molar-refractivity contribution < 1.29 is 19.0 Å². The summed E-state index contributed by atoms with van der Waals surface area (Å²) in [5, 5.41) is 0. The molecule has 0 saturated carbocycles. The summed E-state index contributed by atoms with van der Waals surface area (Å²) in [5.74, 6) is -0.00162. The third-order valence-corrected chi connectivity index (χ3v) is 1.03. The Morgan fingerprint density at radius 1 is 1.27 bits per heavy atom. The van der Waals surface area contributed by atoms with Gasteiger partial charge in [0.15, 0.2) is 0 Å². The number of hydrogen-bond acceptors (Lipinski definition) is 4. The van der Waals surface area contributed by atoms with E-state index in [9.17, 15) is 4.79 Å². The van der Waals surface area contributed by atoms with Crippen molar-refractivity contribution in [2.45, 2.75) is 0 Å². The van der Waals surface area contributed by atoms with Crippen LogP contribution in [0, 0.1) is 0 Å². The molecule has 0 amide bonds. The molecular formula is C7H12O4. The molecule has 0 fully saturated rings. The van der Waals surface area contributed by atoms with Crippen molar-refractivity contribution in [1.29, 1.82) is 0 Å². The van der Waals surface area contributed by atoms with Crippen molar-refractivity contribution in [2.75, 3.05) is 27.9 Å². The fraction of sp³-hybridized carbons (Fsp3) is 0.571. The highest BCUT2D eigenvalue weighted by molar-refractivity contribution is 5.82. The summed E-state index contributed by atoms with van der Waals surface area (Å²) in [4.78, 5) is 10.6. The lowest BCUT2D eigenvalue weighted by atomic mass is 10.4. The second kappa shape index (κ2) is 5.73. The van der Waals surface area contributed by atoms with Crippen LogP contribution in [0.15, 0.2) is 11.8 Å². The number of carbonyl (C=O) groups excluding carboxylic acids is 1. The Labute approximate surface area is 65.7 Å². The van der Waals surface area contributed by atoms with Gasteiger partial charge < -0.3 is 14.2 Å². The molecule has 0 atom stereocenters. The zero-order valence-electron chi connectivity index (χ0n) is 6.92. The van der Waals surface area contributed by atoms with Gasteiger partial charge in [-0.15, -0.1) is 0 Å². The van der Waals surface area contributed by atoms with Crippen molar-refractivity contribution in [2.24, 2.45) is 0 Å². The van der Waals surface area contributed by atoms with Crippen LogP contribution >= 0.6 is 0 Å². The van der Waals surface area contributed by atoms with Crippen LogP contribution in [0.2, 0.25) is 0 Å². The maximum Gasteiger partial charge on any atom is 0.333 e. The first-order valence-electron chi connectivity index (χ1n) is 3.06. The molecule has 0 rings (SSSR count). The average molecular weight is 160 g/mol. The van der Waals surface area contributed by atoms with Crippen molar-refractivity contribution in [3.8, 4) is 0 Å². The molecule has 0 radical (unpaired) electrons.